The summed E-state index contributed by atoms with van der Waals surface area (Å²) in [5, 5.41) is 14.2. The predicted molar refractivity (Wildman–Crippen MR) is 171 cm³/mol. The molecule has 2 heterocycles. The Bertz CT molecular complexity index is 1820. The van der Waals surface area contributed by atoms with E-state index in [0.29, 0.717) is 23.6 Å². The molecular weight excluding hydrogens is 621 g/mol. The zero-order chi connectivity index (χ0) is 33.3. The molecule has 1 atom stereocenters. The van der Waals surface area contributed by atoms with Crippen molar-refractivity contribution in [2.24, 2.45) is 0 Å². The first kappa shape index (κ1) is 34.2. The molecule has 0 aliphatic rings. The number of carbonyl (C=O) groups is 3. The number of carbonyl (C=O) groups excluding carboxylic acids is 2. The van der Waals surface area contributed by atoms with Crippen LogP contribution in [0.1, 0.15) is 62.9 Å². The highest BCUT2D eigenvalue weighted by molar-refractivity contribution is 6.35. The number of carboxylic acid groups (broad SMARTS) is 1. The van der Waals surface area contributed by atoms with Crippen LogP contribution in [-0.4, -0.2) is 43.9 Å². The fraction of sp³-hybridized carbons (Fsp3) is 0.294. The normalized spacial score (nSPS) is 12.0. The third kappa shape index (κ3) is 9.20. The minimum atomic E-state index is -5.08. The number of aliphatic carboxylic acids is 1. The molecule has 0 aliphatic carbocycles. The highest BCUT2D eigenvalue weighted by Crippen LogP contribution is 2.28. The molecule has 0 radical (unpaired) electrons. The topological polar surface area (TPSA) is 128 Å². The fourth-order valence-corrected chi connectivity index (χ4v) is 5.38. The van der Waals surface area contributed by atoms with Crippen LogP contribution in [0, 0.1) is 0 Å². The Morgan fingerprint density at radius 3 is 2.46 bits per heavy atom. The van der Waals surface area contributed by atoms with Gasteiger partial charge in [0.05, 0.1) is 29.4 Å². The molecule has 0 aliphatic heterocycles. The van der Waals surface area contributed by atoms with Crippen molar-refractivity contribution in [1.29, 1.82) is 0 Å². The van der Waals surface area contributed by atoms with Gasteiger partial charge in [0.1, 0.15) is 11.6 Å². The highest BCUT2D eigenvalue weighted by atomic mass is 35.5. The first-order valence-electron chi connectivity index (χ1n) is 14.9. The third-order valence-corrected chi connectivity index (χ3v) is 7.81. The molecule has 0 spiro atoms. The molecular formula is C34H34ClF3N4O4. The van der Waals surface area contributed by atoms with Crippen molar-refractivity contribution in [1.82, 2.24) is 20.3 Å². The van der Waals surface area contributed by atoms with E-state index in [4.69, 9.17) is 21.5 Å². The summed E-state index contributed by atoms with van der Waals surface area (Å²) in [6, 6.07) is 20.0. The third-order valence-electron chi connectivity index (χ3n) is 7.49. The number of nitrogens with zero attached hydrogens (tertiary/aromatic N) is 1. The second-order valence-electron chi connectivity index (χ2n) is 10.8. The number of fused-ring (bicyclic) bond motifs is 2. The van der Waals surface area contributed by atoms with E-state index in [9.17, 15) is 22.8 Å². The van der Waals surface area contributed by atoms with Crippen LogP contribution in [0.2, 0.25) is 5.02 Å². The van der Waals surface area contributed by atoms with Crippen molar-refractivity contribution in [3.05, 3.63) is 89.5 Å². The Balaban J connectivity index is 0.000000617. The molecule has 12 heteroatoms. The number of carboxylic acids is 1. The number of halogens is 4. The quantitative estimate of drug-likeness (QED) is 0.101. The van der Waals surface area contributed by atoms with Gasteiger partial charge in [0.2, 0.25) is 5.91 Å². The summed E-state index contributed by atoms with van der Waals surface area (Å²) in [7, 11) is 0. The Morgan fingerprint density at radius 2 is 1.74 bits per heavy atom. The maximum Gasteiger partial charge on any atom is 0.490 e. The van der Waals surface area contributed by atoms with Crippen molar-refractivity contribution in [2.45, 2.75) is 64.1 Å². The Labute approximate surface area is 268 Å². The van der Waals surface area contributed by atoms with Gasteiger partial charge in [-0.1, -0.05) is 73.8 Å². The fourth-order valence-electron chi connectivity index (χ4n) is 5.08. The lowest BCUT2D eigenvalue weighted by atomic mass is 10.0. The second kappa shape index (κ2) is 15.6. The van der Waals surface area contributed by atoms with Crippen LogP contribution in [0.4, 0.5) is 13.2 Å². The minimum Gasteiger partial charge on any atom is -0.475 e. The summed E-state index contributed by atoms with van der Waals surface area (Å²) in [6.07, 6.45) is 3.40. The number of H-pyrrole nitrogens is 2. The van der Waals surface area contributed by atoms with E-state index in [1.54, 1.807) is 0 Å². The van der Waals surface area contributed by atoms with Gasteiger partial charge in [-0.15, -0.1) is 0 Å². The van der Waals surface area contributed by atoms with Crippen LogP contribution in [0.5, 0.6) is 0 Å². The molecule has 5 aromatic rings. The Hall–Kier alpha value is -4.64. The van der Waals surface area contributed by atoms with Gasteiger partial charge in [0, 0.05) is 35.5 Å². The average molecular weight is 655 g/mol. The summed E-state index contributed by atoms with van der Waals surface area (Å²) in [5.74, 6) is -1.82. The number of unbranched alkanes of at least 4 members (excludes halogenated alkanes) is 2. The van der Waals surface area contributed by atoms with Gasteiger partial charge < -0.3 is 20.4 Å². The van der Waals surface area contributed by atoms with E-state index in [0.717, 1.165) is 64.6 Å². The van der Waals surface area contributed by atoms with E-state index >= 15 is 0 Å². The lowest BCUT2D eigenvalue weighted by molar-refractivity contribution is -0.192. The number of rotatable bonds is 12. The van der Waals surface area contributed by atoms with E-state index in [1.807, 2.05) is 49.6 Å². The molecule has 0 bridgehead atoms. The number of amides is 1. The van der Waals surface area contributed by atoms with Gasteiger partial charge in [0.15, 0.2) is 0 Å². The maximum atomic E-state index is 13.2. The first-order chi connectivity index (χ1) is 22.0. The smallest absolute Gasteiger partial charge is 0.475 e. The van der Waals surface area contributed by atoms with Gasteiger partial charge >= 0.3 is 12.1 Å². The summed E-state index contributed by atoms with van der Waals surface area (Å²) in [6.45, 7) is 1.90. The van der Waals surface area contributed by atoms with Gasteiger partial charge in [-0.3, -0.25) is 9.59 Å². The Morgan fingerprint density at radius 1 is 1.00 bits per heavy atom. The predicted octanol–water partition coefficient (Wildman–Crippen LogP) is 8.33. The largest absolute Gasteiger partial charge is 0.490 e. The second-order valence-corrected chi connectivity index (χ2v) is 11.2. The van der Waals surface area contributed by atoms with Crippen molar-refractivity contribution < 1.29 is 32.7 Å². The summed E-state index contributed by atoms with van der Waals surface area (Å²) in [5.41, 5.74) is 3.73. The first-order valence-corrected chi connectivity index (χ1v) is 15.2. The number of alkyl halides is 3. The van der Waals surface area contributed by atoms with E-state index in [2.05, 4.69) is 50.6 Å². The van der Waals surface area contributed by atoms with E-state index < -0.39 is 12.1 Å². The van der Waals surface area contributed by atoms with Crippen molar-refractivity contribution in [3.63, 3.8) is 0 Å². The zero-order valence-corrected chi connectivity index (χ0v) is 25.8. The molecule has 5 rings (SSSR count). The number of hydrogen-bond donors (Lipinski definition) is 4. The number of aromatic amines is 2. The van der Waals surface area contributed by atoms with Gasteiger partial charge in [-0.25, -0.2) is 9.78 Å². The molecule has 0 saturated heterocycles. The zero-order valence-electron chi connectivity index (χ0n) is 25.1. The number of imidazole rings is 1. The molecule has 46 heavy (non-hydrogen) atoms. The van der Waals surface area contributed by atoms with Crippen LogP contribution >= 0.6 is 11.6 Å². The molecule has 8 nitrogen and oxygen atoms in total. The van der Waals surface area contributed by atoms with Crippen molar-refractivity contribution >= 4 is 50.9 Å². The number of ketones is 1. The number of nitrogens with one attached hydrogen (secondary N) is 3. The monoisotopic (exact) mass is 654 g/mol. The number of Topliss-reactive ketones (excluding diaryl/α,β-unsaturated/α-hetero) is 1. The maximum absolute atomic E-state index is 13.2. The molecule has 2 aromatic heterocycles. The summed E-state index contributed by atoms with van der Waals surface area (Å²) < 4.78 is 31.7. The number of aromatic nitrogens is 3. The number of hydrogen-bond acceptors (Lipinski definition) is 4. The highest BCUT2D eigenvalue weighted by Gasteiger charge is 2.38. The summed E-state index contributed by atoms with van der Waals surface area (Å²) >= 11 is 6.43. The standard InChI is InChI=1S/C32H33ClN4O2.C2HF3O2/c1-2-25(38)11-4-3-5-13-28(36-30(39)18-24-19-34-27-14-8-12-26(33)31(24)27)32-35-20-29(37-32)23-16-15-21-9-6-7-10-22(21)17-23;3-2(4,5)1(6)7/h6-10,12,14-17,19-20,28,34H,2-5,11,13,18H2,1H3,(H,35,37)(H,36,39);(H,6,7)/t28-;/m0./s1. The average Bonchev–Trinajstić information content (AvgIpc) is 3.68. The van der Waals surface area contributed by atoms with Crippen LogP contribution in [0.15, 0.2) is 73.1 Å². The van der Waals surface area contributed by atoms with Crippen LogP contribution in [-0.2, 0) is 20.8 Å². The molecule has 3 aromatic carbocycles. The lowest BCUT2D eigenvalue weighted by Crippen LogP contribution is -2.30. The van der Waals surface area contributed by atoms with Crippen LogP contribution in [0.3, 0.4) is 0 Å². The molecule has 0 saturated carbocycles. The van der Waals surface area contributed by atoms with Gasteiger partial charge in [0.25, 0.3) is 0 Å². The molecule has 0 unspecified atom stereocenters. The number of benzene rings is 3. The Kier molecular flexibility index (Phi) is 11.6. The molecule has 242 valence electrons. The van der Waals surface area contributed by atoms with Gasteiger partial charge in [-0.05, 0) is 47.4 Å². The molecule has 0 fully saturated rings. The van der Waals surface area contributed by atoms with E-state index in [1.165, 1.54) is 5.39 Å². The van der Waals surface area contributed by atoms with Crippen molar-refractivity contribution in [3.8, 4) is 11.3 Å². The molecule has 4 N–H and O–H groups in total. The van der Waals surface area contributed by atoms with Crippen LogP contribution < -0.4 is 5.32 Å². The minimum absolute atomic E-state index is 0.0920. The molecule has 1 amide bonds. The van der Waals surface area contributed by atoms with E-state index in [-0.39, 0.29) is 18.4 Å². The summed E-state index contributed by atoms with van der Waals surface area (Å²) in [4.78, 5) is 45.1. The van der Waals surface area contributed by atoms with Crippen LogP contribution in [0.25, 0.3) is 32.9 Å². The van der Waals surface area contributed by atoms with Gasteiger partial charge in [-0.2, -0.15) is 13.2 Å². The SMILES string of the molecule is CCC(=O)CCCCC[C@H](NC(=O)Cc1c[nH]c2cccc(Cl)c12)c1ncc(-c2ccc3ccccc3c2)[nH]1.O=C(O)C(F)(F)F. The van der Waals surface area contributed by atoms with Crippen molar-refractivity contribution in [2.75, 3.05) is 0 Å². The lowest BCUT2D eigenvalue weighted by Gasteiger charge is -2.17.